The molecule has 0 bridgehead atoms. The zero-order valence-corrected chi connectivity index (χ0v) is 20.4. The van der Waals surface area contributed by atoms with Gasteiger partial charge in [0.15, 0.2) is 15.8 Å². The van der Waals surface area contributed by atoms with Gasteiger partial charge >= 0.3 is 0 Å². The summed E-state index contributed by atoms with van der Waals surface area (Å²) in [5.41, 5.74) is 3.67. The van der Waals surface area contributed by atoms with Crippen LogP contribution in [-0.2, 0) is 4.79 Å². The molecule has 1 aliphatic rings. The van der Waals surface area contributed by atoms with Gasteiger partial charge < -0.3 is 9.47 Å². The molecule has 2 amide bonds. The molecular formula is C20H16ClIN2O4S2. The maximum absolute atomic E-state index is 12.8. The van der Waals surface area contributed by atoms with Crippen molar-refractivity contribution in [3.8, 4) is 11.5 Å². The van der Waals surface area contributed by atoms with Gasteiger partial charge in [-0.1, -0.05) is 23.4 Å². The molecule has 0 unspecified atom stereocenters. The van der Waals surface area contributed by atoms with Crippen LogP contribution in [0.3, 0.4) is 0 Å². The number of thiocarbonyl (C=S) groups is 1. The van der Waals surface area contributed by atoms with E-state index < -0.39 is 11.8 Å². The SMILES string of the molecule is CCOc1cc(/C=C2/SC(=S)N(NC(=O)c3ccc(Cl)cc3)C2=O)cc(I)c1OC. The lowest BCUT2D eigenvalue weighted by Crippen LogP contribution is -2.44. The van der Waals surface area contributed by atoms with Crippen LogP contribution < -0.4 is 14.9 Å². The molecule has 6 nitrogen and oxygen atoms in total. The van der Waals surface area contributed by atoms with Gasteiger partial charge in [-0.3, -0.25) is 15.0 Å². The maximum atomic E-state index is 12.8. The lowest BCUT2D eigenvalue weighted by Gasteiger charge is -2.15. The predicted molar refractivity (Wildman–Crippen MR) is 131 cm³/mol. The number of hydrogen-bond donors (Lipinski definition) is 1. The van der Waals surface area contributed by atoms with Gasteiger partial charge in [0.25, 0.3) is 11.8 Å². The van der Waals surface area contributed by atoms with Gasteiger partial charge in [0.05, 0.1) is 22.2 Å². The Morgan fingerprint density at radius 2 is 2.03 bits per heavy atom. The first-order chi connectivity index (χ1) is 14.3. The highest BCUT2D eigenvalue weighted by Gasteiger charge is 2.34. The van der Waals surface area contributed by atoms with Crippen molar-refractivity contribution in [2.75, 3.05) is 13.7 Å². The smallest absolute Gasteiger partial charge is 0.285 e. The second kappa shape index (κ2) is 9.99. The van der Waals surface area contributed by atoms with E-state index in [1.807, 2.05) is 13.0 Å². The zero-order valence-electron chi connectivity index (χ0n) is 15.9. The van der Waals surface area contributed by atoms with Gasteiger partial charge in [-0.15, -0.1) is 0 Å². The summed E-state index contributed by atoms with van der Waals surface area (Å²) >= 11 is 14.4. The number of hydrazine groups is 1. The first-order valence-corrected chi connectivity index (χ1v) is 11.4. The number of nitrogens with one attached hydrogen (secondary N) is 1. The van der Waals surface area contributed by atoms with Crippen LogP contribution in [0, 0.1) is 3.57 Å². The minimum atomic E-state index is -0.457. The van der Waals surface area contributed by atoms with E-state index in [1.165, 1.54) is 0 Å². The van der Waals surface area contributed by atoms with E-state index in [2.05, 4.69) is 28.0 Å². The van der Waals surface area contributed by atoms with Gasteiger partial charge in [-0.25, -0.2) is 0 Å². The van der Waals surface area contributed by atoms with Gasteiger partial charge in [-0.2, -0.15) is 5.01 Å². The topological polar surface area (TPSA) is 67.9 Å². The van der Waals surface area contributed by atoms with E-state index in [0.717, 1.165) is 25.9 Å². The molecular weight excluding hydrogens is 559 g/mol. The predicted octanol–water partition coefficient (Wildman–Crippen LogP) is 4.90. The third-order valence-electron chi connectivity index (χ3n) is 3.95. The minimum Gasteiger partial charge on any atom is -0.492 e. The number of rotatable bonds is 6. The molecule has 0 aromatic heterocycles. The Labute approximate surface area is 202 Å². The molecule has 1 aliphatic heterocycles. The normalized spacial score (nSPS) is 14.9. The Morgan fingerprint density at radius 1 is 1.33 bits per heavy atom. The van der Waals surface area contributed by atoms with Crippen molar-refractivity contribution in [1.82, 2.24) is 10.4 Å². The average molecular weight is 575 g/mol. The maximum Gasteiger partial charge on any atom is 0.285 e. The van der Waals surface area contributed by atoms with Crippen LogP contribution in [-0.4, -0.2) is 34.9 Å². The summed E-state index contributed by atoms with van der Waals surface area (Å²) in [5.74, 6) is 0.361. The molecule has 0 aliphatic carbocycles. The fourth-order valence-corrected chi connectivity index (χ4v) is 4.77. The molecule has 0 saturated carbocycles. The molecule has 10 heteroatoms. The van der Waals surface area contributed by atoms with E-state index in [9.17, 15) is 9.59 Å². The number of carbonyl (C=O) groups excluding carboxylic acids is 2. The molecule has 1 saturated heterocycles. The van der Waals surface area contributed by atoms with Crippen LogP contribution >= 0.6 is 58.2 Å². The van der Waals surface area contributed by atoms with Crippen molar-refractivity contribution < 1.29 is 19.1 Å². The van der Waals surface area contributed by atoms with Crippen LogP contribution in [0.1, 0.15) is 22.8 Å². The van der Waals surface area contributed by atoms with Gasteiger partial charge in [0.2, 0.25) is 0 Å². The number of nitrogens with zero attached hydrogens (tertiary/aromatic N) is 1. The Hall–Kier alpha value is -1.82. The molecule has 30 heavy (non-hydrogen) atoms. The van der Waals surface area contributed by atoms with Crippen LogP contribution in [0.25, 0.3) is 6.08 Å². The Morgan fingerprint density at radius 3 is 2.67 bits per heavy atom. The number of methoxy groups -OCH3 is 1. The summed E-state index contributed by atoms with van der Waals surface area (Å²) in [5, 5.41) is 1.58. The quantitative estimate of drug-likeness (QED) is 0.301. The summed E-state index contributed by atoms with van der Waals surface area (Å²) < 4.78 is 12.1. The lowest BCUT2D eigenvalue weighted by atomic mass is 10.2. The average Bonchev–Trinajstić information content (AvgIpc) is 2.96. The molecule has 0 atom stereocenters. The molecule has 3 rings (SSSR count). The highest BCUT2D eigenvalue weighted by Crippen LogP contribution is 2.37. The van der Waals surface area contributed by atoms with Crippen molar-refractivity contribution in [2.24, 2.45) is 0 Å². The first kappa shape index (κ1) is 22.9. The summed E-state index contributed by atoms with van der Waals surface area (Å²) in [6.45, 7) is 2.36. The van der Waals surface area contributed by atoms with Crippen LogP contribution in [0.4, 0.5) is 0 Å². The highest BCUT2D eigenvalue weighted by atomic mass is 127. The number of halogens is 2. The third-order valence-corrected chi connectivity index (χ3v) is 6.30. The van der Waals surface area contributed by atoms with Gasteiger partial charge in [0, 0.05) is 10.6 Å². The summed E-state index contributed by atoms with van der Waals surface area (Å²) in [6.07, 6.45) is 1.71. The Bertz CT molecular complexity index is 1040. The van der Waals surface area contributed by atoms with E-state index in [-0.39, 0.29) is 4.32 Å². The Balaban J connectivity index is 1.82. The number of thioether (sulfide) groups is 1. The fourth-order valence-electron chi connectivity index (χ4n) is 2.62. The van der Waals surface area contributed by atoms with Gasteiger partial charge in [0.1, 0.15) is 0 Å². The standard InChI is InChI=1S/C20H16ClIN2O4S2/c1-3-28-15-9-11(8-14(22)17(15)27-2)10-16-19(26)24(20(29)30-16)23-18(25)12-4-6-13(21)7-5-12/h4-10H,3H2,1-2H3,(H,23,25)/b16-10+. The molecule has 1 N–H and O–H groups in total. The zero-order chi connectivity index (χ0) is 21.8. The van der Waals surface area contributed by atoms with E-state index in [1.54, 1.807) is 43.5 Å². The van der Waals surface area contributed by atoms with E-state index in [4.69, 9.17) is 33.3 Å². The monoisotopic (exact) mass is 574 g/mol. The van der Waals surface area contributed by atoms with Crippen molar-refractivity contribution in [3.63, 3.8) is 0 Å². The number of ether oxygens (including phenoxy) is 2. The molecule has 156 valence electrons. The first-order valence-electron chi connectivity index (χ1n) is 8.69. The molecule has 1 heterocycles. The lowest BCUT2D eigenvalue weighted by molar-refractivity contribution is -0.123. The minimum absolute atomic E-state index is 0.238. The molecule has 2 aromatic carbocycles. The number of carbonyl (C=O) groups is 2. The summed E-state index contributed by atoms with van der Waals surface area (Å²) in [4.78, 5) is 25.6. The van der Waals surface area contributed by atoms with Crippen LogP contribution in [0.5, 0.6) is 11.5 Å². The van der Waals surface area contributed by atoms with Gasteiger partial charge in [-0.05, 0) is 89.8 Å². The highest BCUT2D eigenvalue weighted by molar-refractivity contribution is 14.1. The third kappa shape index (κ3) is 5.08. The number of hydrogen-bond acceptors (Lipinski definition) is 6. The van der Waals surface area contributed by atoms with Crippen molar-refractivity contribution in [1.29, 1.82) is 0 Å². The number of amides is 2. The Kier molecular flexibility index (Phi) is 7.61. The van der Waals surface area contributed by atoms with Crippen molar-refractivity contribution >= 4 is 80.4 Å². The largest absolute Gasteiger partial charge is 0.492 e. The second-order valence-corrected chi connectivity index (χ2v) is 9.21. The summed E-state index contributed by atoms with van der Waals surface area (Å²) in [7, 11) is 1.58. The van der Waals surface area contributed by atoms with Crippen LogP contribution in [0.2, 0.25) is 5.02 Å². The van der Waals surface area contributed by atoms with E-state index >= 15 is 0 Å². The van der Waals surface area contributed by atoms with E-state index in [0.29, 0.717) is 33.6 Å². The van der Waals surface area contributed by atoms with Crippen molar-refractivity contribution in [3.05, 3.63) is 61.0 Å². The number of benzene rings is 2. The fraction of sp³-hybridized carbons (Fsp3) is 0.150. The molecule has 0 radical (unpaired) electrons. The second-order valence-electron chi connectivity index (χ2n) is 5.93. The molecule has 0 spiro atoms. The molecule has 1 fully saturated rings. The van der Waals surface area contributed by atoms with Crippen molar-refractivity contribution in [2.45, 2.75) is 6.92 Å². The van der Waals surface area contributed by atoms with Crippen LogP contribution in [0.15, 0.2) is 41.3 Å². The molecule has 2 aromatic rings. The summed E-state index contributed by atoms with van der Waals surface area (Å²) in [6, 6.07) is 10.0.